The van der Waals surface area contributed by atoms with Gasteiger partial charge < -0.3 is 5.32 Å². The standard InChI is InChI=1S/C18H18N2O5S/c1-13(14-7-10-16(11-8-14)26(2,24)25)19-18(21)12-9-15-5-3-4-6-17(15)20(22)23/h3-13H,1-2H3,(H,19,21)/b12-9+. The molecular formula is C18H18N2O5S. The van der Waals surface area contributed by atoms with Crippen molar-refractivity contribution in [3.63, 3.8) is 0 Å². The summed E-state index contributed by atoms with van der Waals surface area (Å²) >= 11 is 0. The van der Waals surface area contributed by atoms with Gasteiger partial charge in [0.05, 0.1) is 21.4 Å². The molecule has 136 valence electrons. The van der Waals surface area contributed by atoms with Crippen LogP contribution in [0.5, 0.6) is 0 Å². The van der Waals surface area contributed by atoms with E-state index in [1.807, 2.05) is 0 Å². The lowest BCUT2D eigenvalue weighted by Gasteiger charge is -2.13. The number of benzene rings is 2. The van der Waals surface area contributed by atoms with E-state index in [9.17, 15) is 23.3 Å². The Balaban J connectivity index is 2.07. The van der Waals surface area contributed by atoms with E-state index in [0.29, 0.717) is 5.56 Å². The molecule has 0 heterocycles. The van der Waals surface area contributed by atoms with Crippen molar-refractivity contribution in [3.05, 3.63) is 75.8 Å². The zero-order chi connectivity index (χ0) is 19.3. The molecule has 2 rings (SSSR count). The maximum absolute atomic E-state index is 12.0. The zero-order valence-electron chi connectivity index (χ0n) is 14.2. The van der Waals surface area contributed by atoms with Gasteiger partial charge in [0, 0.05) is 18.4 Å². The second-order valence-corrected chi connectivity index (χ2v) is 7.74. The van der Waals surface area contributed by atoms with Gasteiger partial charge in [-0.2, -0.15) is 0 Å². The molecule has 0 aliphatic heterocycles. The van der Waals surface area contributed by atoms with Gasteiger partial charge in [-0.25, -0.2) is 8.42 Å². The molecule has 0 aliphatic rings. The average molecular weight is 374 g/mol. The number of nitrogens with one attached hydrogen (secondary N) is 1. The number of sulfone groups is 1. The summed E-state index contributed by atoms with van der Waals surface area (Å²) in [4.78, 5) is 22.7. The van der Waals surface area contributed by atoms with Crippen LogP contribution in [0.2, 0.25) is 0 Å². The van der Waals surface area contributed by atoms with E-state index >= 15 is 0 Å². The molecule has 0 radical (unpaired) electrons. The summed E-state index contributed by atoms with van der Waals surface area (Å²) in [5.41, 5.74) is 0.989. The van der Waals surface area contributed by atoms with Gasteiger partial charge in [-0.15, -0.1) is 0 Å². The molecule has 0 aliphatic carbocycles. The lowest BCUT2D eigenvalue weighted by atomic mass is 10.1. The van der Waals surface area contributed by atoms with Crippen LogP contribution in [0.1, 0.15) is 24.1 Å². The molecule has 0 saturated carbocycles. The van der Waals surface area contributed by atoms with E-state index in [-0.39, 0.29) is 16.6 Å². The highest BCUT2D eigenvalue weighted by molar-refractivity contribution is 7.90. The first-order valence-corrected chi connectivity index (χ1v) is 9.59. The molecule has 2 aromatic carbocycles. The quantitative estimate of drug-likeness (QED) is 0.475. The van der Waals surface area contributed by atoms with Crippen LogP contribution < -0.4 is 5.32 Å². The van der Waals surface area contributed by atoms with Crippen LogP contribution in [-0.2, 0) is 14.6 Å². The van der Waals surface area contributed by atoms with E-state index in [2.05, 4.69) is 5.32 Å². The average Bonchev–Trinajstić information content (AvgIpc) is 2.59. The Kier molecular flexibility index (Phi) is 5.89. The minimum absolute atomic E-state index is 0.0824. The van der Waals surface area contributed by atoms with Crippen molar-refractivity contribution in [2.24, 2.45) is 0 Å². The minimum atomic E-state index is -3.27. The number of carbonyl (C=O) groups excluding carboxylic acids is 1. The maximum Gasteiger partial charge on any atom is 0.276 e. The van der Waals surface area contributed by atoms with Gasteiger partial charge in [0.1, 0.15) is 0 Å². The molecule has 1 unspecified atom stereocenters. The van der Waals surface area contributed by atoms with Gasteiger partial charge >= 0.3 is 0 Å². The SMILES string of the molecule is CC(NC(=O)/C=C/c1ccccc1[N+](=O)[O-])c1ccc(S(C)(=O)=O)cc1. The molecule has 1 amide bonds. The number of nitrogens with zero attached hydrogens (tertiary/aromatic N) is 1. The summed E-state index contributed by atoms with van der Waals surface area (Å²) in [5, 5.41) is 13.7. The molecule has 0 saturated heterocycles. The monoisotopic (exact) mass is 374 g/mol. The normalized spacial score (nSPS) is 12.7. The predicted molar refractivity (Wildman–Crippen MR) is 98.2 cm³/mol. The van der Waals surface area contributed by atoms with E-state index in [1.54, 1.807) is 37.3 Å². The summed E-state index contributed by atoms with van der Waals surface area (Å²) in [6.07, 6.45) is 3.73. The molecule has 26 heavy (non-hydrogen) atoms. The van der Waals surface area contributed by atoms with E-state index in [1.165, 1.54) is 30.4 Å². The van der Waals surface area contributed by atoms with Crippen LogP contribution in [0.15, 0.2) is 59.5 Å². The first-order chi connectivity index (χ1) is 12.2. The number of hydrogen-bond acceptors (Lipinski definition) is 5. The fourth-order valence-electron chi connectivity index (χ4n) is 2.31. The van der Waals surface area contributed by atoms with Gasteiger partial charge in [-0.05, 0) is 36.8 Å². The minimum Gasteiger partial charge on any atom is -0.346 e. The zero-order valence-corrected chi connectivity index (χ0v) is 15.1. The van der Waals surface area contributed by atoms with Crippen LogP contribution in [0.25, 0.3) is 6.08 Å². The number of hydrogen-bond donors (Lipinski definition) is 1. The van der Waals surface area contributed by atoms with Crippen LogP contribution in [-0.4, -0.2) is 25.5 Å². The van der Waals surface area contributed by atoms with Crippen LogP contribution in [0.4, 0.5) is 5.69 Å². The molecular weight excluding hydrogens is 356 g/mol. The second kappa shape index (κ2) is 7.92. The molecule has 0 fully saturated rings. The van der Waals surface area contributed by atoms with Crippen LogP contribution >= 0.6 is 0 Å². The highest BCUT2D eigenvalue weighted by Crippen LogP contribution is 2.19. The van der Waals surface area contributed by atoms with Crippen LogP contribution in [0, 0.1) is 10.1 Å². The van der Waals surface area contributed by atoms with Crippen molar-refractivity contribution in [1.82, 2.24) is 5.32 Å². The molecule has 2 aromatic rings. The number of amides is 1. The van der Waals surface area contributed by atoms with Gasteiger partial charge in [0.15, 0.2) is 9.84 Å². The number of para-hydroxylation sites is 1. The first kappa shape index (κ1) is 19.3. The maximum atomic E-state index is 12.0. The smallest absolute Gasteiger partial charge is 0.276 e. The Labute approximate surface area is 151 Å². The third kappa shape index (κ3) is 5.00. The predicted octanol–water partition coefficient (Wildman–Crippen LogP) is 2.89. The summed E-state index contributed by atoms with van der Waals surface area (Å²) in [5.74, 6) is -0.414. The Hall–Kier alpha value is -3.00. The van der Waals surface area contributed by atoms with Gasteiger partial charge in [-0.1, -0.05) is 24.3 Å². The molecule has 0 bridgehead atoms. The summed E-state index contributed by atoms with van der Waals surface area (Å²) < 4.78 is 22.9. The number of nitro benzene ring substituents is 1. The highest BCUT2D eigenvalue weighted by Gasteiger charge is 2.12. The molecule has 8 heteroatoms. The molecule has 1 N–H and O–H groups in total. The Bertz CT molecular complexity index is 950. The largest absolute Gasteiger partial charge is 0.346 e. The second-order valence-electron chi connectivity index (χ2n) is 5.72. The van der Waals surface area contributed by atoms with E-state index in [0.717, 1.165) is 11.8 Å². The van der Waals surface area contributed by atoms with Crippen molar-refractivity contribution in [2.45, 2.75) is 17.9 Å². The summed E-state index contributed by atoms with van der Waals surface area (Å²) in [6.45, 7) is 1.76. The fraction of sp³-hybridized carbons (Fsp3) is 0.167. The van der Waals surface area contributed by atoms with Gasteiger partial charge in [-0.3, -0.25) is 14.9 Å². The third-order valence-electron chi connectivity index (χ3n) is 3.71. The van der Waals surface area contributed by atoms with E-state index in [4.69, 9.17) is 0 Å². The van der Waals surface area contributed by atoms with E-state index < -0.39 is 20.7 Å². The lowest BCUT2D eigenvalue weighted by Crippen LogP contribution is -2.24. The van der Waals surface area contributed by atoms with Gasteiger partial charge in [0.25, 0.3) is 5.69 Å². The van der Waals surface area contributed by atoms with Crippen molar-refractivity contribution < 1.29 is 18.1 Å². The third-order valence-corrected chi connectivity index (χ3v) is 4.84. The molecule has 7 nitrogen and oxygen atoms in total. The summed E-state index contributed by atoms with van der Waals surface area (Å²) in [7, 11) is -3.27. The van der Waals surface area contributed by atoms with Crippen LogP contribution in [0.3, 0.4) is 0 Å². The molecule has 0 aromatic heterocycles. The van der Waals surface area contributed by atoms with Crippen molar-refractivity contribution >= 4 is 27.5 Å². The van der Waals surface area contributed by atoms with Crippen molar-refractivity contribution in [1.29, 1.82) is 0 Å². The Morgan fingerprint density at radius 1 is 1.15 bits per heavy atom. The molecule has 1 atom stereocenters. The van der Waals surface area contributed by atoms with Gasteiger partial charge in [0.2, 0.25) is 5.91 Å². The first-order valence-electron chi connectivity index (χ1n) is 7.70. The Morgan fingerprint density at radius 2 is 1.77 bits per heavy atom. The van der Waals surface area contributed by atoms with Crippen molar-refractivity contribution in [3.8, 4) is 0 Å². The van der Waals surface area contributed by atoms with Crippen molar-refractivity contribution in [2.75, 3.05) is 6.26 Å². The summed E-state index contributed by atoms with van der Waals surface area (Å²) in [6, 6.07) is 12.0. The highest BCUT2D eigenvalue weighted by atomic mass is 32.2. The number of nitro groups is 1. The lowest BCUT2D eigenvalue weighted by molar-refractivity contribution is -0.385. The molecule has 0 spiro atoms. The topological polar surface area (TPSA) is 106 Å². The number of rotatable bonds is 6. The fourth-order valence-corrected chi connectivity index (χ4v) is 2.94. The number of carbonyl (C=O) groups is 1. The Morgan fingerprint density at radius 3 is 2.35 bits per heavy atom.